The molecular weight excluding hydrogens is 354 g/mol. The standard InChI is InChI=1S/C18H20ClN5O2/c1-12(25-16-7-4-5-13(19)9-16)17-21-22-18(26-17)20-11-14-10-15-6-2-3-8-24(15)23-14/h4-5,7,9-10,12H,2-3,6,8,11H2,1H3,(H,20,22). The first-order valence-electron chi connectivity index (χ1n) is 8.72. The van der Waals surface area contributed by atoms with Crippen LogP contribution in [0.1, 0.15) is 43.1 Å². The van der Waals surface area contributed by atoms with Gasteiger partial charge in [0.15, 0.2) is 6.10 Å². The average molecular weight is 374 g/mol. The molecule has 3 aromatic rings. The molecule has 0 bridgehead atoms. The number of nitrogens with one attached hydrogen (secondary N) is 1. The molecule has 136 valence electrons. The minimum absolute atomic E-state index is 0.354. The molecule has 0 amide bonds. The van der Waals surface area contributed by atoms with E-state index in [1.54, 1.807) is 12.1 Å². The number of hydrogen-bond acceptors (Lipinski definition) is 6. The molecule has 1 atom stereocenters. The summed E-state index contributed by atoms with van der Waals surface area (Å²) in [5, 5.41) is 16.4. The van der Waals surface area contributed by atoms with Crippen molar-refractivity contribution in [3.8, 4) is 5.75 Å². The number of halogens is 1. The predicted molar refractivity (Wildman–Crippen MR) is 97.3 cm³/mol. The van der Waals surface area contributed by atoms with Crippen LogP contribution in [0.2, 0.25) is 5.02 Å². The van der Waals surface area contributed by atoms with E-state index in [0.29, 0.717) is 29.2 Å². The molecule has 1 N–H and O–H groups in total. The summed E-state index contributed by atoms with van der Waals surface area (Å²) in [4.78, 5) is 0. The molecule has 0 spiro atoms. The van der Waals surface area contributed by atoms with E-state index in [-0.39, 0.29) is 6.10 Å². The Kier molecular flexibility index (Phi) is 4.79. The number of rotatable bonds is 6. The van der Waals surface area contributed by atoms with Crippen LogP contribution in [0.25, 0.3) is 0 Å². The molecule has 8 heteroatoms. The van der Waals surface area contributed by atoms with Crippen molar-refractivity contribution in [1.82, 2.24) is 20.0 Å². The Morgan fingerprint density at radius 1 is 1.31 bits per heavy atom. The number of nitrogens with zero attached hydrogens (tertiary/aromatic N) is 4. The number of ether oxygens (including phenoxy) is 1. The summed E-state index contributed by atoms with van der Waals surface area (Å²) in [6, 6.07) is 9.69. The topological polar surface area (TPSA) is 78.0 Å². The first-order chi connectivity index (χ1) is 12.7. The molecule has 0 saturated carbocycles. The fourth-order valence-corrected chi connectivity index (χ4v) is 3.18. The third-order valence-corrected chi connectivity index (χ3v) is 4.52. The number of aryl methyl sites for hydroxylation is 2. The lowest BCUT2D eigenvalue weighted by atomic mass is 10.1. The zero-order valence-electron chi connectivity index (χ0n) is 14.5. The Labute approximate surface area is 156 Å². The summed E-state index contributed by atoms with van der Waals surface area (Å²) < 4.78 is 13.5. The van der Waals surface area contributed by atoms with Crippen molar-refractivity contribution < 1.29 is 9.15 Å². The summed E-state index contributed by atoms with van der Waals surface area (Å²) in [6.07, 6.45) is 3.14. The van der Waals surface area contributed by atoms with E-state index in [0.717, 1.165) is 18.7 Å². The van der Waals surface area contributed by atoms with Crippen molar-refractivity contribution >= 4 is 17.6 Å². The van der Waals surface area contributed by atoms with Crippen molar-refractivity contribution in [1.29, 1.82) is 0 Å². The van der Waals surface area contributed by atoms with E-state index in [9.17, 15) is 0 Å². The van der Waals surface area contributed by atoms with Crippen LogP contribution in [-0.4, -0.2) is 20.0 Å². The number of hydrogen-bond donors (Lipinski definition) is 1. The maximum Gasteiger partial charge on any atom is 0.315 e. The molecule has 7 nitrogen and oxygen atoms in total. The molecule has 0 saturated heterocycles. The zero-order valence-corrected chi connectivity index (χ0v) is 15.2. The third-order valence-electron chi connectivity index (χ3n) is 4.28. The number of benzene rings is 1. The smallest absolute Gasteiger partial charge is 0.315 e. The molecule has 0 aliphatic carbocycles. The van der Waals surface area contributed by atoms with Crippen molar-refractivity contribution in [3.63, 3.8) is 0 Å². The van der Waals surface area contributed by atoms with E-state index in [1.165, 1.54) is 18.5 Å². The fourth-order valence-electron chi connectivity index (χ4n) is 3.00. The lowest BCUT2D eigenvalue weighted by Gasteiger charge is -2.11. The minimum atomic E-state index is -0.378. The summed E-state index contributed by atoms with van der Waals surface area (Å²) in [5.74, 6) is 1.05. The molecule has 1 aliphatic heterocycles. The zero-order chi connectivity index (χ0) is 17.9. The Morgan fingerprint density at radius 3 is 3.08 bits per heavy atom. The van der Waals surface area contributed by atoms with E-state index >= 15 is 0 Å². The van der Waals surface area contributed by atoms with Crippen molar-refractivity contribution in [2.45, 2.75) is 45.4 Å². The maximum absolute atomic E-state index is 5.97. The van der Waals surface area contributed by atoms with E-state index < -0.39 is 0 Å². The average Bonchev–Trinajstić information content (AvgIpc) is 3.26. The van der Waals surface area contributed by atoms with Gasteiger partial charge in [-0.1, -0.05) is 22.8 Å². The Bertz CT molecular complexity index is 868. The lowest BCUT2D eigenvalue weighted by Crippen LogP contribution is -2.11. The van der Waals surface area contributed by atoms with Crippen LogP contribution >= 0.6 is 11.6 Å². The summed E-state index contributed by atoms with van der Waals surface area (Å²) in [6.45, 7) is 3.39. The highest BCUT2D eigenvalue weighted by Gasteiger charge is 2.17. The predicted octanol–water partition coefficient (Wildman–Crippen LogP) is 4.01. The molecule has 3 heterocycles. The molecule has 2 aromatic heterocycles. The minimum Gasteiger partial charge on any atom is -0.481 e. The Hall–Kier alpha value is -2.54. The van der Waals surface area contributed by atoms with Crippen LogP contribution in [0.3, 0.4) is 0 Å². The summed E-state index contributed by atoms with van der Waals surface area (Å²) in [5.41, 5.74) is 2.27. The van der Waals surface area contributed by atoms with E-state index in [4.69, 9.17) is 20.8 Å². The van der Waals surface area contributed by atoms with Crippen LogP contribution in [0.15, 0.2) is 34.7 Å². The van der Waals surface area contributed by atoms with Gasteiger partial charge in [-0.2, -0.15) is 5.10 Å². The quantitative estimate of drug-likeness (QED) is 0.703. The van der Waals surface area contributed by atoms with Gasteiger partial charge in [0.1, 0.15) is 5.75 Å². The van der Waals surface area contributed by atoms with Gasteiger partial charge >= 0.3 is 6.01 Å². The van der Waals surface area contributed by atoms with Gasteiger partial charge in [-0.15, -0.1) is 5.10 Å². The number of aromatic nitrogens is 4. The molecule has 1 aliphatic rings. The second-order valence-electron chi connectivity index (χ2n) is 6.32. The van der Waals surface area contributed by atoms with Gasteiger partial charge in [-0.05, 0) is 50.5 Å². The highest BCUT2D eigenvalue weighted by Crippen LogP contribution is 2.24. The second kappa shape index (κ2) is 7.37. The van der Waals surface area contributed by atoms with E-state index in [1.807, 2.05) is 19.1 Å². The van der Waals surface area contributed by atoms with Gasteiger partial charge in [-0.3, -0.25) is 4.68 Å². The SMILES string of the molecule is CC(Oc1cccc(Cl)c1)c1nnc(NCc2cc3n(n2)CCCC3)o1. The van der Waals surface area contributed by atoms with Crippen molar-refractivity contribution in [3.05, 3.63) is 52.6 Å². The monoisotopic (exact) mass is 373 g/mol. The highest BCUT2D eigenvalue weighted by atomic mass is 35.5. The fraction of sp³-hybridized carbons (Fsp3) is 0.389. The molecule has 1 aromatic carbocycles. The normalized spacial score (nSPS) is 14.7. The Balaban J connectivity index is 1.36. The molecule has 1 unspecified atom stereocenters. The van der Waals surface area contributed by atoms with Crippen molar-refractivity contribution in [2.75, 3.05) is 5.32 Å². The van der Waals surface area contributed by atoms with Crippen LogP contribution < -0.4 is 10.1 Å². The second-order valence-corrected chi connectivity index (χ2v) is 6.76. The number of fused-ring (bicyclic) bond motifs is 1. The summed E-state index contributed by atoms with van der Waals surface area (Å²) >= 11 is 5.97. The Morgan fingerprint density at radius 2 is 2.23 bits per heavy atom. The first-order valence-corrected chi connectivity index (χ1v) is 9.10. The van der Waals surface area contributed by atoms with Crippen LogP contribution in [0, 0.1) is 0 Å². The molecule has 26 heavy (non-hydrogen) atoms. The van der Waals surface area contributed by atoms with Gasteiger partial charge in [0.25, 0.3) is 5.89 Å². The highest BCUT2D eigenvalue weighted by molar-refractivity contribution is 6.30. The number of anilines is 1. The van der Waals surface area contributed by atoms with Crippen LogP contribution in [0.4, 0.5) is 6.01 Å². The van der Waals surface area contributed by atoms with Gasteiger partial charge in [-0.25, -0.2) is 0 Å². The summed E-state index contributed by atoms with van der Waals surface area (Å²) in [7, 11) is 0. The van der Waals surface area contributed by atoms with Crippen LogP contribution in [-0.2, 0) is 19.5 Å². The maximum atomic E-state index is 5.97. The van der Waals surface area contributed by atoms with Gasteiger partial charge < -0.3 is 14.5 Å². The molecule has 4 rings (SSSR count). The lowest BCUT2D eigenvalue weighted by molar-refractivity contribution is 0.190. The van der Waals surface area contributed by atoms with E-state index in [2.05, 4.69) is 31.4 Å². The first kappa shape index (κ1) is 16.9. The van der Waals surface area contributed by atoms with Crippen LogP contribution in [0.5, 0.6) is 5.75 Å². The molecule has 0 fully saturated rings. The largest absolute Gasteiger partial charge is 0.481 e. The van der Waals surface area contributed by atoms with Crippen molar-refractivity contribution in [2.24, 2.45) is 0 Å². The van der Waals surface area contributed by atoms with Gasteiger partial charge in [0.05, 0.1) is 12.2 Å². The molecular formula is C18H20ClN5O2. The van der Waals surface area contributed by atoms with Gasteiger partial charge in [0, 0.05) is 17.3 Å². The molecule has 0 radical (unpaired) electrons. The third kappa shape index (κ3) is 3.83. The van der Waals surface area contributed by atoms with Gasteiger partial charge in [0.2, 0.25) is 0 Å².